The molecule has 0 aliphatic rings. The molecule has 0 aromatic rings. The van der Waals surface area contributed by atoms with Crippen molar-refractivity contribution >= 4 is 17.8 Å². The topological polar surface area (TPSA) is 95.5 Å². The highest BCUT2D eigenvalue weighted by Crippen LogP contribution is 2.04. The van der Waals surface area contributed by atoms with Gasteiger partial charge in [-0.15, -0.1) is 0 Å². The highest BCUT2D eigenvalue weighted by atomic mass is 16.4. The summed E-state index contributed by atoms with van der Waals surface area (Å²) < 4.78 is 53.2. The quantitative estimate of drug-likeness (QED) is 0.669. The van der Waals surface area contributed by atoms with Crippen LogP contribution in [0.15, 0.2) is 0 Å². The second kappa shape index (κ2) is 12.0. The Morgan fingerprint density at radius 1 is 1.00 bits per heavy atom. The van der Waals surface area contributed by atoms with E-state index in [0.717, 1.165) is 6.92 Å². The third-order valence-corrected chi connectivity index (χ3v) is 1.75. The monoisotopic (exact) mass is 323 g/mol. The first kappa shape index (κ1) is 11.9. The van der Waals surface area contributed by atoms with Crippen molar-refractivity contribution in [3.63, 3.8) is 0 Å². The second-order valence-corrected chi connectivity index (χ2v) is 5.09. The molecular formula is C16H32N2O4. The largest absolute Gasteiger partial charge is 0.480 e. The van der Waals surface area contributed by atoms with Crippen LogP contribution in [0.5, 0.6) is 0 Å². The Labute approximate surface area is 143 Å². The van der Waals surface area contributed by atoms with Crippen LogP contribution in [0.2, 0.25) is 0 Å². The van der Waals surface area contributed by atoms with Crippen LogP contribution < -0.4 is 10.6 Å². The first-order valence-electron chi connectivity index (χ1n) is 10.3. The molecule has 22 heavy (non-hydrogen) atoms. The Kier molecular flexibility index (Phi) is 6.50. The zero-order valence-corrected chi connectivity index (χ0v) is 14.2. The maximum Gasteiger partial charge on any atom is 0.326 e. The van der Waals surface area contributed by atoms with Gasteiger partial charge in [0, 0.05) is 26.7 Å². The summed E-state index contributed by atoms with van der Waals surface area (Å²) in [6, 6.07) is -4.46. The lowest BCUT2D eigenvalue weighted by atomic mass is 10.0. The number of carboxylic acid groups (broad SMARTS) is 1. The lowest BCUT2D eigenvalue weighted by Crippen LogP contribution is -2.40. The number of carboxylic acids is 1. The number of amides is 2. The van der Waals surface area contributed by atoms with E-state index in [1.807, 2.05) is 5.32 Å². The highest BCUT2D eigenvalue weighted by Gasteiger charge is 2.18. The minimum absolute atomic E-state index is 0.476. The van der Waals surface area contributed by atoms with Crippen molar-refractivity contribution in [2.45, 2.75) is 73.2 Å². The molecule has 0 rings (SSSR count). The summed E-state index contributed by atoms with van der Waals surface area (Å²) in [5.41, 5.74) is 0. The lowest BCUT2D eigenvalue weighted by Gasteiger charge is -2.14. The van der Waals surface area contributed by atoms with E-state index in [9.17, 15) is 14.4 Å². The number of carbonyl (C=O) groups excluding carboxylic acids is 2. The molecule has 0 fully saturated rings. The summed E-state index contributed by atoms with van der Waals surface area (Å²) in [6.07, 6.45) is -4.49. The van der Waals surface area contributed by atoms with Gasteiger partial charge >= 0.3 is 5.97 Å². The molecular weight excluding hydrogens is 284 g/mol. The Morgan fingerprint density at radius 3 is 1.73 bits per heavy atom. The number of carbonyl (C=O) groups is 3. The van der Waals surface area contributed by atoms with Gasteiger partial charge in [0.2, 0.25) is 11.8 Å². The summed E-state index contributed by atoms with van der Waals surface area (Å²) in [5.74, 6) is -5.10. The molecule has 6 heteroatoms. The molecule has 6 nitrogen and oxygen atoms in total. The molecule has 0 heterocycles. The van der Waals surface area contributed by atoms with Gasteiger partial charge in [0.1, 0.15) is 6.02 Å². The number of hydrogen-bond acceptors (Lipinski definition) is 3. The summed E-state index contributed by atoms with van der Waals surface area (Å²) >= 11 is 0. The SMILES string of the molecule is [2H]C(C)(C)C([2H])([2H])[C@@]([2H])(C)NC(C)=O.[2H]C([2H])(C(C)C)[C@]([2H])(NC(C)=O)C(=O)O. The van der Waals surface area contributed by atoms with Crippen LogP contribution in [0.3, 0.4) is 0 Å². The molecule has 0 radical (unpaired) electrons. The summed E-state index contributed by atoms with van der Waals surface area (Å²) in [4.78, 5) is 32.4. The van der Waals surface area contributed by atoms with Gasteiger partial charge in [0.05, 0.1) is 2.74 Å². The molecule has 0 aromatic heterocycles. The van der Waals surface area contributed by atoms with Crippen molar-refractivity contribution in [1.29, 1.82) is 0 Å². The Balaban J connectivity index is 0. The van der Waals surface area contributed by atoms with Crippen molar-refractivity contribution in [3.05, 3.63) is 0 Å². The summed E-state index contributed by atoms with van der Waals surface area (Å²) in [7, 11) is 0. The Hall–Kier alpha value is -1.59. The van der Waals surface area contributed by atoms with Crippen LogP contribution >= 0.6 is 0 Å². The number of nitrogens with one attached hydrogen (secondary N) is 2. The van der Waals surface area contributed by atoms with Crippen LogP contribution in [0.4, 0.5) is 0 Å². The summed E-state index contributed by atoms with van der Waals surface area (Å²) in [6.45, 7) is 9.18. The average Bonchev–Trinajstić information content (AvgIpc) is 2.43. The molecule has 0 saturated heterocycles. The fraction of sp³-hybridized carbons (Fsp3) is 0.812. The van der Waals surface area contributed by atoms with E-state index < -0.39 is 54.4 Å². The lowest BCUT2D eigenvalue weighted by molar-refractivity contribution is -0.142. The van der Waals surface area contributed by atoms with E-state index in [1.165, 1.54) is 41.5 Å². The highest BCUT2D eigenvalue weighted by molar-refractivity contribution is 5.82. The molecule has 0 aliphatic carbocycles. The van der Waals surface area contributed by atoms with Gasteiger partial charge in [-0.2, -0.15) is 0 Å². The molecule has 2 atom stereocenters. The van der Waals surface area contributed by atoms with E-state index in [4.69, 9.17) is 14.7 Å². The molecule has 0 unspecified atom stereocenters. The molecule has 0 bridgehead atoms. The van der Waals surface area contributed by atoms with Gasteiger partial charge in [-0.05, 0) is 31.5 Å². The van der Waals surface area contributed by atoms with Crippen LogP contribution in [0.25, 0.3) is 0 Å². The van der Waals surface area contributed by atoms with Gasteiger partial charge in [-0.1, -0.05) is 27.7 Å². The minimum Gasteiger partial charge on any atom is -0.480 e. The van der Waals surface area contributed by atoms with E-state index in [1.54, 1.807) is 0 Å². The fourth-order valence-corrected chi connectivity index (χ4v) is 1.29. The van der Waals surface area contributed by atoms with Crippen molar-refractivity contribution in [2.75, 3.05) is 0 Å². The first-order valence-corrected chi connectivity index (χ1v) is 6.78. The summed E-state index contributed by atoms with van der Waals surface area (Å²) in [5, 5.41) is 12.9. The van der Waals surface area contributed by atoms with Crippen molar-refractivity contribution < 1.29 is 29.1 Å². The molecule has 130 valence electrons. The zero-order valence-electron chi connectivity index (χ0n) is 21.2. The van der Waals surface area contributed by atoms with Gasteiger partial charge < -0.3 is 15.7 Å². The maximum absolute atomic E-state index is 10.9. The van der Waals surface area contributed by atoms with Crippen molar-refractivity contribution in [2.24, 2.45) is 11.8 Å². The van der Waals surface area contributed by atoms with Gasteiger partial charge in [-0.3, -0.25) is 9.59 Å². The average molecular weight is 323 g/mol. The smallest absolute Gasteiger partial charge is 0.326 e. The maximum atomic E-state index is 10.9. The molecule has 0 saturated carbocycles. The van der Waals surface area contributed by atoms with Crippen LogP contribution in [0.1, 0.15) is 70.8 Å². The number of hydrogen-bond donors (Lipinski definition) is 3. The normalized spacial score (nSPS) is 22.3. The van der Waals surface area contributed by atoms with Gasteiger partial charge in [0.25, 0.3) is 0 Å². The number of rotatable bonds is 7. The zero-order chi connectivity index (χ0) is 24.2. The van der Waals surface area contributed by atoms with Gasteiger partial charge in [0.15, 0.2) is 0 Å². The third-order valence-electron chi connectivity index (χ3n) is 1.75. The van der Waals surface area contributed by atoms with Crippen LogP contribution in [0, 0.1) is 11.8 Å². The van der Waals surface area contributed by atoms with Gasteiger partial charge in [-0.25, -0.2) is 4.79 Å². The molecule has 0 spiro atoms. The molecule has 0 aromatic carbocycles. The predicted octanol–water partition coefficient (Wildman–Crippen LogP) is 2.18. The van der Waals surface area contributed by atoms with Crippen LogP contribution in [-0.2, 0) is 14.4 Å². The first-order chi connectivity index (χ1) is 12.5. The van der Waals surface area contributed by atoms with Crippen LogP contribution in [-0.4, -0.2) is 34.9 Å². The van der Waals surface area contributed by atoms with E-state index >= 15 is 0 Å². The predicted molar refractivity (Wildman–Crippen MR) is 87.4 cm³/mol. The van der Waals surface area contributed by atoms with Crippen molar-refractivity contribution in [1.82, 2.24) is 10.6 Å². The number of aliphatic carboxylic acids is 1. The van der Waals surface area contributed by atoms with Crippen molar-refractivity contribution in [3.8, 4) is 0 Å². The molecule has 2 amide bonds. The van der Waals surface area contributed by atoms with E-state index in [-0.39, 0.29) is 0 Å². The Bertz CT molecular complexity index is 619. The Morgan fingerprint density at radius 2 is 1.45 bits per heavy atom. The standard InChI is InChI=1S/C8H15NO3.C8H17NO/c1-5(2)4-7(8(11)12)9-6(3)10;1-6(2)5-7(3)9-8(4)10/h5,7H,4H2,1-3H3,(H,9,10)(H,11,12);6-7H,5H2,1-4H3,(H,9,10)/t2*7-/m01/s1/i4D2,7D;5D2,6D,7D. The third kappa shape index (κ3) is 16.5. The molecule has 3 N–H and O–H groups in total. The second-order valence-electron chi connectivity index (χ2n) is 5.09. The van der Waals surface area contributed by atoms with E-state index in [0.29, 0.717) is 0 Å². The van der Waals surface area contributed by atoms with E-state index in [2.05, 4.69) is 5.32 Å². The minimum atomic E-state index is -2.66. The molecule has 0 aliphatic heterocycles. The fourth-order valence-electron chi connectivity index (χ4n) is 1.29.